The zero-order valence-electron chi connectivity index (χ0n) is 11.0. The first-order chi connectivity index (χ1) is 9.58. The minimum atomic E-state index is -0.716. The highest BCUT2D eigenvalue weighted by Gasteiger charge is 2.27. The van der Waals surface area contributed by atoms with Crippen LogP contribution in [0.1, 0.15) is 19.3 Å². The van der Waals surface area contributed by atoms with Gasteiger partial charge in [-0.05, 0) is 19.3 Å². The van der Waals surface area contributed by atoms with Crippen LogP contribution >= 0.6 is 0 Å². The highest BCUT2D eigenvalue weighted by Crippen LogP contribution is 2.36. The molecule has 0 saturated carbocycles. The predicted molar refractivity (Wildman–Crippen MR) is 70.7 cm³/mol. The Balaban J connectivity index is 2.45. The molecule has 0 spiro atoms. The van der Waals surface area contributed by atoms with E-state index >= 15 is 0 Å². The Morgan fingerprint density at radius 1 is 1.50 bits per heavy atom. The molecule has 1 aliphatic rings. The summed E-state index contributed by atoms with van der Waals surface area (Å²) in [6, 6.07) is 1.73. The molecule has 1 aromatic rings. The van der Waals surface area contributed by atoms with E-state index in [1.165, 1.54) is 13.2 Å². The van der Waals surface area contributed by atoms with Gasteiger partial charge in [0.05, 0.1) is 29.8 Å². The van der Waals surface area contributed by atoms with Gasteiger partial charge >= 0.3 is 5.69 Å². The molecule has 7 heteroatoms. The first-order valence-corrected chi connectivity index (χ1v) is 6.32. The SMILES string of the molecule is COc1cc(N2CCCCC2C=O)c(F)cc1[N+](=O)[O-]. The van der Waals surface area contributed by atoms with E-state index < -0.39 is 22.5 Å². The molecule has 1 atom stereocenters. The Morgan fingerprint density at radius 3 is 2.85 bits per heavy atom. The Labute approximate surface area is 115 Å². The largest absolute Gasteiger partial charge is 0.490 e. The number of carbonyl (C=O) groups is 1. The van der Waals surface area contributed by atoms with E-state index in [-0.39, 0.29) is 11.4 Å². The number of aldehydes is 1. The van der Waals surface area contributed by atoms with Crippen molar-refractivity contribution in [2.45, 2.75) is 25.3 Å². The highest BCUT2D eigenvalue weighted by atomic mass is 19.1. The highest BCUT2D eigenvalue weighted by molar-refractivity contribution is 5.69. The van der Waals surface area contributed by atoms with Crippen molar-refractivity contribution in [3.63, 3.8) is 0 Å². The zero-order chi connectivity index (χ0) is 14.7. The molecule has 0 amide bonds. The van der Waals surface area contributed by atoms with Crippen LogP contribution in [0.25, 0.3) is 0 Å². The van der Waals surface area contributed by atoms with Gasteiger partial charge in [-0.25, -0.2) is 4.39 Å². The zero-order valence-corrected chi connectivity index (χ0v) is 11.0. The Bertz CT molecular complexity index is 535. The first-order valence-electron chi connectivity index (χ1n) is 6.32. The van der Waals surface area contributed by atoms with Crippen LogP contribution in [-0.4, -0.2) is 30.9 Å². The lowest BCUT2D eigenvalue weighted by molar-refractivity contribution is -0.385. The maximum Gasteiger partial charge on any atom is 0.313 e. The molecule has 1 unspecified atom stereocenters. The van der Waals surface area contributed by atoms with Gasteiger partial charge in [-0.2, -0.15) is 0 Å². The number of halogens is 1. The molecule has 1 aliphatic heterocycles. The van der Waals surface area contributed by atoms with Gasteiger partial charge in [0.2, 0.25) is 0 Å². The molecule has 1 fully saturated rings. The monoisotopic (exact) mass is 282 g/mol. The van der Waals surface area contributed by atoms with E-state index in [0.717, 1.165) is 25.2 Å². The molecule has 0 bridgehead atoms. The molecule has 1 saturated heterocycles. The van der Waals surface area contributed by atoms with Crippen molar-refractivity contribution in [1.82, 2.24) is 0 Å². The van der Waals surface area contributed by atoms with Crippen LogP contribution in [0.5, 0.6) is 5.75 Å². The van der Waals surface area contributed by atoms with Crippen molar-refractivity contribution < 1.29 is 18.8 Å². The minimum absolute atomic E-state index is 0.0124. The lowest BCUT2D eigenvalue weighted by atomic mass is 10.0. The van der Waals surface area contributed by atoms with Gasteiger partial charge in [0.1, 0.15) is 6.29 Å². The van der Waals surface area contributed by atoms with Gasteiger partial charge in [0.25, 0.3) is 0 Å². The van der Waals surface area contributed by atoms with E-state index in [9.17, 15) is 19.3 Å². The van der Waals surface area contributed by atoms with Crippen molar-refractivity contribution >= 4 is 17.7 Å². The Morgan fingerprint density at radius 2 is 2.25 bits per heavy atom. The van der Waals surface area contributed by atoms with E-state index in [2.05, 4.69) is 0 Å². The number of carbonyl (C=O) groups excluding carboxylic acids is 1. The topological polar surface area (TPSA) is 72.7 Å². The van der Waals surface area contributed by atoms with Crippen LogP contribution in [0.15, 0.2) is 12.1 Å². The molecule has 1 aromatic carbocycles. The molecule has 0 aliphatic carbocycles. The molecule has 20 heavy (non-hydrogen) atoms. The van der Waals surface area contributed by atoms with Crippen molar-refractivity contribution in [2.24, 2.45) is 0 Å². The number of nitro benzene ring substituents is 1. The quantitative estimate of drug-likeness (QED) is 0.481. The standard InChI is InChI=1S/C13H15FN2O4/c1-20-13-7-11(10(14)6-12(13)16(18)19)15-5-3-2-4-9(15)8-17/h6-9H,2-5H2,1H3. The number of hydrogen-bond donors (Lipinski definition) is 0. The van der Waals surface area contributed by atoms with E-state index in [0.29, 0.717) is 13.0 Å². The summed E-state index contributed by atoms with van der Waals surface area (Å²) in [6.07, 6.45) is 3.20. The lowest BCUT2D eigenvalue weighted by Gasteiger charge is -2.34. The van der Waals surface area contributed by atoms with Gasteiger partial charge in [0.15, 0.2) is 11.6 Å². The fourth-order valence-corrected chi connectivity index (χ4v) is 2.46. The molecular weight excluding hydrogens is 267 g/mol. The van der Waals surface area contributed by atoms with Crippen LogP contribution in [0.3, 0.4) is 0 Å². The molecule has 0 aromatic heterocycles. The minimum Gasteiger partial charge on any atom is -0.490 e. The molecule has 0 N–H and O–H groups in total. The third-order valence-corrected chi connectivity index (χ3v) is 3.46. The Hall–Kier alpha value is -2.18. The third kappa shape index (κ3) is 2.56. The van der Waals surface area contributed by atoms with Crippen molar-refractivity contribution in [3.8, 4) is 5.75 Å². The summed E-state index contributed by atoms with van der Waals surface area (Å²) in [5.41, 5.74) is -0.252. The number of rotatable bonds is 4. The van der Waals surface area contributed by atoms with Crippen LogP contribution < -0.4 is 9.64 Å². The number of nitrogens with zero attached hydrogens (tertiary/aromatic N) is 2. The molecule has 1 heterocycles. The second kappa shape index (κ2) is 5.85. The van der Waals surface area contributed by atoms with Gasteiger partial charge in [0, 0.05) is 12.6 Å². The first kappa shape index (κ1) is 14.2. The fraction of sp³-hybridized carbons (Fsp3) is 0.462. The summed E-state index contributed by atoms with van der Waals surface area (Å²) in [5.74, 6) is -0.729. The molecule has 108 valence electrons. The normalized spacial score (nSPS) is 18.7. The van der Waals surface area contributed by atoms with Crippen molar-refractivity contribution in [3.05, 3.63) is 28.1 Å². The van der Waals surface area contributed by atoms with Crippen LogP contribution in [0.4, 0.5) is 15.8 Å². The van der Waals surface area contributed by atoms with Crippen molar-refractivity contribution in [2.75, 3.05) is 18.6 Å². The van der Waals surface area contributed by atoms with Crippen molar-refractivity contribution in [1.29, 1.82) is 0 Å². The number of hydrogen-bond acceptors (Lipinski definition) is 5. The molecule has 2 rings (SSSR count). The van der Waals surface area contributed by atoms with Crippen LogP contribution in [0, 0.1) is 15.9 Å². The summed E-state index contributed by atoms with van der Waals surface area (Å²) >= 11 is 0. The summed E-state index contributed by atoms with van der Waals surface area (Å²) in [5, 5.41) is 10.8. The summed E-state index contributed by atoms with van der Waals surface area (Å²) < 4.78 is 19.0. The summed E-state index contributed by atoms with van der Waals surface area (Å²) in [6.45, 7) is 0.543. The van der Waals surface area contributed by atoms with E-state index in [1.807, 2.05) is 0 Å². The molecule has 0 radical (unpaired) electrons. The van der Waals surface area contributed by atoms with Crippen LogP contribution in [-0.2, 0) is 4.79 Å². The maximum atomic E-state index is 14.1. The number of ether oxygens (including phenoxy) is 1. The summed E-state index contributed by atoms with van der Waals surface area (Å²) in [7, 11) is 1.29. The smallest absolute Gasteiger partial charge is 0.313 e. The fourth-order valence-electron chi connectivity index (χ4n) is 2.46. The van der Waals surface area contributed by atoms with E-state index in [4.69, 9.17) is 4.74 Å². The summed E-state index contributed by atoms with van der Waals surface area (Å²) in [4.78, 5) is 22.9. The van der Waals surface area contributed by atoms with Crippen LogP contribution in [0.2, 0.25) is 0 Å². The van der Waals surface area contributed by atoms with Gasteiger partial charge < -0.3 is 14.4 Å². The predicted octanol–water partition coefficient (Wildman–Crippen LogP) is 2.30. The Kier molecular flexibility index (Phi) is 4.16. The number of nitro groups is 1. The second-order valence-corrected chi connectivity index (χ2v) is 4.63. The molecule has 6 nitrogen and oxygen atoms in total. The number of piperidine rings is 1. The van der Waals surface area contributed by atoms with Gasteiger partial charge in [-0.3, -0.25) is 10.1 Å². The van der Waals surface area contributed by atoms with Gasteiger partial charge in [-0.1, -0.05) is 0 Å². The lowest BCUT2D eigenvalue weighted by Crippen LogP contribution is -2.41. The molecular formula is C13H15FN2O4. The number of methoxy groups -OCH3 is 1. The number of benzene rings is 1. The average Bonchev–Trinajstić information content (AvgIpc) is 2.46. The maximum absolute atomic E-state index is 14.1. The average molecular weight is 282 g/mol. The van der Waals surface area contributed by atoms with E-state index in [1.54, 1.807) is 4.90 Å². The van der Waals surface area contributed by atoms with Gasteiger partial charge in [-0.15, -0.1) is 0 Å². The third-order valence-electron chi connectivity index (χ3n) is 3.46. The number of anilines is 1. The second-order valence-electron chi connectivity index (χ2n) is 4.63.